The highest BCUT2D eigenvalue weighted by molar-refractivity contribution is 5.95. The number of amides is 10. The number of aliphatic hydroxyl groups excluding tert-OH is 1. The second-order valence-corrected chi connectivity index (χ2v) is 10.6. The van der Waals surface area contributed by atoms with Crippen LogP contribution in [0.2, 0.25) is 0 Å². The number of hydrogen-bond acceptors (Lipinski definition) is 14. The van der Waals surface area contributed by atoms with E-state index >= 15 is 0 Å². The Balaban J connectivity index is 4.55. The maximum atomic E-state index is 12.6. The molecule has 54 heavy (non-hydrogen) atoms. The minimum atomic E-state index is -1.54. The highest BCUT2D eigenvalue weighted by Gasteiger charge is 2.23. The van der Waals surface area contributed by atoms with E-state index in [-0.39, 0.29) is 31.9 Å². The largest absolute Gasteiger partial charge is 0.480 e. The van der Waals surface area contributed by atoms with Crippen molar-refractivity contribution in [2.24, 2.45) is 22.2 Å². The van der Waals surface area contributed by atoms with Crippen molar-refractivity contribution in [3.63, 3.8) is 0 Å². The van der Waals surface area contributed by atoms with Crippen LogP contribution in [0.15, 0.2) is 4.99 Å². The fourth-order valence-corrected chi connectivity index (χ4v) is 3.49. The number of rotatable bonds is 26. The van der Waals surface area contributed by atoms with Crippen LogP contribution in [0.5, 0.6) is 0 Å². The molecule has 0 heterocycles. The Kier molecular flexibility index (Phi) is 23.7. The number of carbonyl (C=O) groups is 11. The highest BCUT2D eigenvalue weighted by Crippen LogP contribution is 1.99. The summed E-state index contributed by atoms with van der Waals surface area (Å²) in [6.07, 6.45) is 0.304. The maximum absolute atomic E-state index is 12.6. The zero-order chi connectivity index (χ0) is 41.1. The summed E-state index contributed by atoms with van der Waals surface area (Å²) < 4.78 is 0. The number of aliphatic hydroxyl groups is 1. The highest BCUT2D eigenvalue weighted by atomic mass is 16.4. The molecule has 0 rings (SSSR count). The Morgan fingerprint density at radius 1 is 0.500 bits per heavy atom. The van der Waals surface area contributed by atoms with Gasteiger partial charge in [0.1, 0.15) is 18.6 Å². The van der Waals surface area contributed by atoms with Gasteiger partial charge in [0.2, 0.25) is 59.1 Å². The third kappa shape index (κ3) is 24.5. The number of nitrogens with zero attached hydrogens (tertiary/aromatic N) is 1. The Morgan fingerprint density at radius 3 is 1.24 bits per heavy atom. The molecule has 0 aliphatic carbocycles. The van der Waals surface area contributed by atoms with Gasteiger partial charge in [-0.05, 0) is 12.8 Å². The number of carboxylic acid groups (broad SMARTS) is 1. The molecule has 0 saturated heterocycles. The number of guanidine groups is 1. The van der Waals surface area contributed by atoms with E-state index in [1.165, 1.54) is 0 Å². The lowest BCUT2D eigenvalue weighted by Crippen LogP contribution is -2.53. The van der Waals surface area contributed by atoms with E-state index < -0.39 is 136 Å². The molecule has 10 amide bonds. The van der Waals surface area contributed by atoms with Gasteiger partial charge in [0, 0.05) is 6.54 Å². The predicted molar refractivity (Wildman–Crippen MR) is 182 cm³/mol. The quantitative estimate of drug-likeness (QED) is 0.0220. The van der Waals surface area contributed by atoms with Gasteiger partial charge in [-0.3, -0.25) is 57.7 Å². The maximum Gasteiger partial charge on any atom is 0.322 e. The Bertz CT molecular complexity index is 1400. The van der Waals surface area contributed by atoms with Crippen molar-refractivity contribution in [1.82, 2.24) is 53.2 Å². The molecule has 27 heteroatoms. The second-order valence-electron chi connectivity index (χ2n) is 10.6. The number of carbonyl (C=O) groups excluding carboxylic acids is 10. The molecule has 0 aromatic heterocycles. The molecule has 0 aromatic rings. The van der Waals surface area contributed by atoms with Crippen LogP contribution in [0.25, 0.3) is 0 Å². The lowest BCUT2D eigenvalue weighted by molar-refractivity contribution is -0.138. The normalized spacial score (nSPS) is 11.1. The van der Waals surface area contributed by atoms with Crippen molar-refractivity contribution >= 4 is 71.0 Å². The van der Waals surface area contributed by atoms with Crippen LogP contribution in [0.3, 0.4) is 0 Å². The van der Waals surface area contributed by atoms with Gasteiger partial charge >= 0.3 is 5.97 Å². The van der Waals surface area contributed by atoms with E-state index in [2.05, 4.69) is 52.8 Å². The Hall–Kier alpha value is -6.64. The standard InChI is InChI=1S/C27H46N14O13/c28-4-16(43)32-10-22(49)40-14(2-1-3-31-27(29)30)25(53)38-8-20(47)34-5-17(44)33-6-18(45)36-11-23(50)41-15(13-42)26(54)39-9-21(48)35-7-19(46)37-12-24(51)52/h14-15,42H,1-13,28H2,(H,32,43)(H,33,44)(H,34,47)(H,35,48)(H,36,45)(H,37,46)(H,38,53)(H,39,54)(H,40,49)(H,41,50)(H,51,52)(H4,29,30,31)/t14-,15-/m0/s1. The van der Waals surface area contributed by atoms with Crippen LogP contribution >= 0.6 is 0 Å². The predicted octanol–water partition coefficient (Wildman–Crippen LogP) is -11.0. The summed E-state index contributed by atoms with van der Waals surface area (Å²) in [5.41, 5.74) is 15.7. The van der Waals surface area contributed by atoms with Gasteiger partial charge in [0.15, 0.2) is 5.96 Å². The van der Waals surface area contributed by atoms with Crippen LogP contribution in [-0.2, 0) is 52.7 Å². The summed E-state index contributed by atoms with van der Waals surface area (Å²) in [7, 11) is 0. The van der Waals surface area contributed by atoms with Gasteiger partial charge in [0.25, 0.3) is 0 Å². The minimum Gasteiger partial charge on any atom is -0.480 e. The lowest BCUT2D eigenvalue weighted by Gasteiger charge is -2.18. The molecule has 0 spiro atoms. The van der Waals surface area contributed by atoms with E-state index in [1.807, 2.05) is 5.32 Å². The van der Waals surface area contributed by atoms with Crippen molar-refractivity contribution < 1.29 is 63.0 Å². The van der Waals surface area contributed by atoms with Gasteiger partial charge in [-0.25, -0.2) is 0 Å². The molecule has 2 atom stereocenters. The molecule has 27 nitrogen and oxygen atoms in total. The molecule has 0 radical (unpaired) electrons. The molecule has 0 saturated carbocycles. The molecule has 0 aliphatic heterocycles. The summed E-state index contributed by atoms with van der Waals surface area (Å²) in [5, 5.41) is 39.6. The lowest BCUT2D eigenvalue weighted by atomic mass is 10.1. The number of nitrogens with one attached hydrogen (secondary N) is 10. The van der Waals surface area contributed by atoms with Gasteiger partial charge in [-0.15, -0.1) is 0 Å². The zero-order valence-electron chi connectivity index (χ0n) is 28.9. The van der Waals surface area contributed by atoms with Crippen LogP contribution in [-0.4, -0.2) is 165 Å². The van der Waals surface area contributed by atoms with Crippen LogP contribution in [0.1, 0.15) is 12.8 Å². The smallest absolute Gasteiger partial charge is 0.322 e. The second kappa shape index (κ2) is 27.1. The first-order chi connectivity index (χ1) is 25.5. The molecule has 0 fully saturated rings. The van der Waals surface area contributed by atoms with E-state index in [1.54, 1.807) is 0 Å². The Morgan fingerprint density at radius 2 is 0.852 bits per heavy atom. The number of hydrogen-bond donors (Lipinski definition) is 15. The summed E-state index contributed by atoms with van der Waals surface area (Å²) >= 11 is 0. The number of carboxylic acids is 1. The molecule has 18 N–H and O–H groups in total. The summed E-state index contributed by atoms with van der Waals surface area (Å²) in [5.74, 6) is -9.66. The molecule has 302 valence electrons. The molecule has 0 unspecified atom stereocenters. The van der Waals surface area contributed by atoms with E-state index in [9.17, 15) is 57.8 Å². The first-order valence-electron chi connectivity index (χ1n) is 15.8. The number of aliphatic carboxylic acids is 1. The molecule has 0 bridgehead atoms. The molecule has 0 aromatic carbocycles. The van der Waals surface area contributed by atoms with Crippen molar-refractivity contribution in [3.8, 4) is 0 Å². The Labute approximate surface area is 306 Å². The molecule has 0 aliphatic rings. The fraction of sp³-hybridized carbons (Fsp3) is 0.556. The van der Waals surface area contributed by atoms with Gasteiger partial charge in [-0.1, -0.05) is 0 Å². The van der Waals surface area contributed by atoms with Crippen LogP contribution in [0.4, 0.5) is 0 Å². The third-order valence-electron chi connectivity index (χ3n) is 6.13. The van der Waals surface area contributed by atoms with E-state index in [0.717, 1.165) is 0 Å². The summed E-state index contributed by atoms with van der Waals surface area (Å²) in [6.45, 7) is -6.06. The van der Waals surface area contributed by atoms with E-state index in [4.69, 9.17) is 22.3 Å². The van der Waals surface area contributed by atoms with Gasteiger partial charge in [-0.2, -0.15) is 0 Å². The van der Waals surface area contributed by atoms with Gasteiger partial charge < -0.3 is 80.6 Å². The van der Waals surface area contributed by atoms with Crippen molar-refractivity contribution in [2.45, 2.75) is 24.9 Å². The molecular weight excluding hydrogens is 728 g/mol. The topological polar surface area (TPSA) is 439 Å². The average molecular weight is 775 g/mol. The monoisotopic (exact) mass is 774 g/mol. The average Bonchev–Trinajstić information content (AvgIpc) is 3.13. The third-order valence-corrected chi connectivity index (χ3v) is 6.13. The zero-order valence-corrected chi connectivity index (χ0v) is 28.9. The molecular formula is C27H46N14O13. The van der Waals surface area contributed by atoms with Crippen LogP contribution in [0, 0.1) is 0 Å². The van der Waals surface area contributed by atoms with Crippen molar-refractivity contribution in [3.05, 3.63) is 0 Å². The number of aliphatic imine (C=N–C) groups is 1. The summed E-state index contributed by atoms with van der Waals surface area (Å²) in [4.78, 5) is 134. The first-order valence-corrected chi connectivity index (χ1v) is 15.8. The van der Waals surface area contributed by atoms with E-state index in [0.29, 0.717) is 0 Å². The first kappa shape index (κ1) is 47.4. The summed E-state index contributed by atoms with van der Waals surface area (Å²) in [6, 6.07) is -2.68. The van der Waals surface area contributed by atoms with Crippen molar-refractivity contribution in [1.29, 1.82) is 0 Å². The SMILES string of the molecule is NCC(=O)NCC(=O)N[C@@H](CCCN=C(N)N)C(=O)NCC(=O)NCC(=O)NCC(=O)NCC(=O)N[C@@H](CO)C(=O)NCC(=O)NCC(=O)NCC(=O)O. The minimum absolute atomic E-state index is 0.0501. The van der Waals surface area contributed by atoms with Crippen LogP contribution < -0.4 is 70.4 Å². The van der Waals surface area contributed by atoms with Crippen molar-refractivity contribution in [2.75, 3.05) is 72.1 Å². The van der Waals surface area contributed by atoms with Gasteiger partial charge in [0.05, 0.1) is 59.0 Å². The fourth-order valence-electron chi connectivity index (χ4n) is 3.49. The number of nitrogens with two attached hydrogens (primary N) is 3.